The predicted octanol–water partition coefficient (Wildman–Crippen LogP) is 20.4. The molecule has 0 radical (unpaired) electrons. The van der Waals surface area contributed by atoms with Gasteiger partial charge in [-0.25, -0.2) is 9.13 Å². The van der Waals surface area contributed by atoms with Gasteiger partial charge in [-0.15, -0.1) is 0 Å². The first-order valence-corrected chi connectivity index (χ1v) is 40.0. The lowest BCUT2D eigenvalue weighted by atomic mass is 9.99. The van der Waals surface area contributed by atoms with Crippen LogP contribution in [0.3, 0.4) is 0 Å². The van der Waals surface area contributed by atoms with Gasteiger partial charge in [0.15, 0.2) is 12.2 Å². The molecule has 3 unspecified atom stereocenters. The van der Waals surface area contributed by atoms with Crippen molar-refractivity contribution in [1.82, 2.24) is 0 Å². The largest absolute Gasteiger partial charge is 0.472 e. The van der Waals surface area contributed by atoms with Crippen LogP contribution >= 0.6 is 15.6 Å². The number of hydrogen-bond acceptors (Lipinski definition) is 15. The summed E-state index contributed by atoms with van der Waals surface area (Å²) in [6, 6.07) is 0. The quantitative estimate of drug-likeness (QED) is 0.0222. The maximum absolute atomic E-state index is 13.0. The molecule has 0 heterocycles. The van der Waals surface area contributed by atoms with E-state index in [0.717, 1.165) is 102 Å². The van der Waals surface area contributed by atoms with E-state index in [1.165, 1.54) is 180 Å². The van der Waals surface area contributed by atoms with Crippen LogP contribution in [0.15, 0.2) is 0 Å². The van der Waals surface area contributed by atoms with Gasteiger partial charge in [0.2, 0.25) is 0 Å². The molecule has 0 saturated heterocycles. The van der Waals surface area contributed by atoms with Gasteiger partial charge in [0.1, 0.15) is 19.3 Å². The Bertz CT molecular complexity index is 1750. The van der Waals surface area contributed by atoms with Gasteiger partial charge >= 0.3 is 39.5 Å². The first kappa shape index (κ1) is 88.1. The molecule has 0 aliphatic rings. The van der Waals surface area contributed by atoms with E-state index in [1.807, 2.05) is 0 Å². The summed E-state index contributed by atoms with van der Waals surface area (Å²) in [5, 5.41) is 10.6. The first-order chi connectivity index (χ1) is 43.4. The van der Waals surface area contributed by atoms with E-state index in [9.17, 15) is 43.2 Å². The van der Waals surface area contributed by atoms with E-state index in [4.69, 9.17) is 37.0 Å². The number of aliphatic hydroxyl groups is 1. The molecule has 0 bridgehead atoms. The summed E-state index contributed by atoms with van der Waals surface area (Å²) < 4.78 is 68.3. The Kier molecular flexibility index (Phi) is 61.8. The summed E-state index contributed by atoms with van der Waals surface area (Å²) in [4.78, 5) is 72.5. The van der Waals surface area contributed by atoms with E-state index in [-0.39, 0.29) is 25.7 Å². The predicted molar refractivity (Wildman–Crippen MR) is 363 cm³/mol. The van der Waals surface area contributed by atoms with Crippen LogP contribution in [0.25, 0.3) is 0 Å². The topological polar surface area (TPSA) is 237 Å². The molecular formula is C71H138O17P2. The zero-order valence-electron chi connectivity index (χ0n) is 58.4. The fourth-order valence-corrected chi connectivity index (χ4v) is 12.3. The number of aliphatic hydroxyl groups excluding tert-OH is 1. The third kappa shape index (κ3) is 63.5. The normalized spacial score (nSPS) is 14.4. The molecule has 0 aromatic heterocycles. The summed E-state index contributed by atoms with van der Waals surface area (Å²) in [5.41, 5.74) is 0. The average Bonchev–Trinajstić information content (AvgIpc) is 3.69. The van der Waals surface area contributed by atoms with Gasteiger partial charge in [-0.05, 0) is 37.5 Å². The molecule has 0 aromatic carbocycles. The van der Waals surface area contributed by atoms with E-state index < -0.39 is 97.5 Å². The number of carbonyl (C=O) groups excluding carboxylic acids is 4. The molecule has 6 atom stereocenters. The number of phosphoric ester groups is 2. The number of esters is 4. The zero-order chi connectivity index (χ0) is 66.5. The Labute approximate surface area is 549 Å². The average molecular weight is 1330 g/mol. The first-order valence-electron chi connectivity index (χ1n) is 37.0. The summed E-state index contributed by atoms with van der Waals surface area (Å²) in [7, 11) is -9.90. The van der Waals surface area contributed by atoms with Crippen molar-refractivity contribution >= 4 is 39.5 Å². The summed E-state index contributed by atoms with van der Waals surface area (Å²) >= 11 is 0. The minimum atomic E-state index is -4.95. The van der Waals surface area contributed by atoms with E-state index >= 15 is 0 Å². The molecule has 0 aliphatic heterocycles. The molecule has 0 spiro atoms. The van der Waals surface area contributed by atoms with Gasteiger partial charge in [-0.1, -0.05) is 311 Å². The van der Waals surface area contributed by atoms with Crippen molar-refractivity contribution < 1.29 is 80.2 Å². The monoisotopic (exact) mass is 1320 g/mol. The van der Waals surface area contributed by atoms with Gasteiger partial charge in [0.05, 0.1) is 26.4 Å². The minimum Gasteiger partial charge on any atom is -0.462 e. The van der Waals surface area contributed by atoms with Crippen LogP contribution in [-0.4, -0.2) is 96.7 Å². The van der Waals surface area contributed by atoms with Crippen LogP contribution in [0.4, 0.5) is 0 Å². The Morgan fingerprint density at radius 1 is 0.322 bits per heavy atom. The second-order valence-corrected chi connectivity index (χ2v) is 29.3. The van der Waals surface area contributed by atoms with Crippen molar-refractivity contribution in [1.29, 1.82) is 0 Å². The fraction of sp³-hybridized carbons (Fsp3) is 0.944. The number of carbonyl (C=O) groups is 4. The molecule has 3 N–H and O–H groups in total. The van der Waals surface area contributed by atoms with E-state index in [0.29, 0.717) is 25.7 Å². The Balaban J connectivity index is 5.22. The van der Waals surface area contributed by atoms with Crippen LogP contribution < -0.4 is 0 Å². The van der Waals surface area contributed by atoms with Crippen molar-refractivity contribution in [3.05, 3.63) is 0 Å². The molecule has 0 aliphatic carbocycles. The highest BCUT2D eigenvalue weighted by Gasteiger charge is 2.30. The number of phosphoric acid groups is 2. The van der Waals surface area contributed by atoms with Crippen LogP contribution in [0.1, 0.15) is 363 Å². The lowest BCUT2D eigenvalue weighted by Crippen LogP contribution is -2.30. The van der Waals surface area contributed by atoms with Gasteiger partial charge in [-0.2, -0.15) is 0 Å². The maximum atomic E-state index is 13.0. The molecule has 17 nitrogen and oxygen atoms in total. The lowest BCUT2D eigenvalue weighted by molar-refractivity contribution is -0.161. The van der Waals surface area contributed by atoms with Crippen molar-refractivity contribution in [2.45, 2.75) is 381 Å². The third-order valence-electron chi connectivity index (χ3n) is 16.8. The summed E-state index contributed by atoms with van der Waals surface area (Å²) in [6.45, 7) is 9.50. The second kappa shape index (κ2) is 63.1. The number of unbranched alkanes of at least 4 members (excludes halogenated alkanes) is 39. The Morgan fingerprint density at radius 3 is 0.844 bits per heavy atom. The highest BCUT2D eigenvalue weighted by Crippen LogP contribution is 2.45. The smallest absolute Gasteiger partial charge is 0.462 e. The Hall–Kier alpha value is -1.94. The lowest BCUT2D eigenvalue weighted by Gasteiger charge is -2.21. The van der Waals surface area contributed by atoms with Crippen LogP contribution in [0.5, 0.6) is 0 Å². The molecular weight excluding hydrogens is 1190 g/mol. The molecule has 0 saturated carbocycles. The van der Waals surface area contributed by atoms with Gasteiger partial charge in [0, 0.05) is 25.7 Å². The summed E-state index contributed by atoms with van der Waals surface area (Å²) in [6.07, 6.45) is 48.6. The molecule has 534 valence electrons. The number of hydrogen-bond donors (Lipinski definition) is 3. The molecule has 90 heavy (non-hydrogen) atoms. The Morgan fingerprint density at radius 2 is 0.567 bits per heavy atom. The zero-order valence-corrected chi connectivity index (χ0v) is 60.2. The molecule has 0 rings (SSSR count). The fourth-order valence-electron chi connectivity index (χ4n) is 10.7. The van der Waals surface area contributed by atoms with Crippen LogP contribution in [0, 0.1) is 11.8 Å². The highest BCUT2D eigenvalue weighted by atomic mass is 31.2. The molecule has 0 fully saturated rings. The molecule has 0 amide bonds. The van der Waals surface area contributed by atoms with Gasteiger partial charge < -0.3 is 33.8 Å². The second-order valence-electron chi connectivity index (χ2n) is 26.3. The standard InChI is InChI=1S/C71H138O17P2/c1-7-10-12-14-16-18-19-20-21-22-23-24-25-26-28-37-43-49-55-70(75)87-66(60-82-69(74)54-48-42-36-32-30-34-40-46-52-64(6)9-3)61-85-89(77,78)83-57-65(72)58-84-90(79,80)86-62-67(59-81-68(73)53-47-41-35-27-17-15-13-11-8-2)88-71(76)56-50-44-38-31-29-33-39-45-51-63(4)5/h63-67,72H,7-62H2,1-6H3,(H,77,78)(H,79,80)/t64?,65-,66-,67-/m1/s1. The number of ether oxygens (including phenoxy) is 4. The molecule has 19 heteroatoms. The van der Waals surface area contributed by atoms with Gasteiger partial charge in [-0.3, -0.25) is 37.3 Å². The highest BCUT2D eigenvalue weighted by molar-refractivity contribution is 7.47. The summed E-state index contributed by atoms with van der Waals surface area (Å²) in [5.74, 6) is -0.630. The van der Waals surface area contributed by atoms with Crippen LogP contribution in [-0.2, 0) is 65.4 Å². The van der Waals surface area contributed by atoms with Crippen molar-refractivity contribution in [2.24, 2.45) is 11.8 Å². The van der Waals surface area contributed by atoms with Gasteiger partial charge in [0.25, 0.3) is 0 Å². The van der Waals surface area contributed by atoms with E-state index in [1.54, 1.807) is 0 Å². The maximum Gasteiger partial charge on any atom is 0.472 e. The van der Waals surface area contributed by atoms with Crippen molar-refractivity contribution in [2.75, 3.05) is 39.6 Å². The van der Waals surface area contributed by atoms with E-state index in [2.05, 4.69) is 41.5 Å². The SMILES string of the molecule is CCCCCCCCCCCCCCCCCCCCC(=O)O[C@H](COC(=O)CCCCCCCCCCC(C)CC)COP(=O)(O)OC[C@@H](O)COP(=O)(O)OC[C@@H](COC(=O)CCCCCCCCCCC)OC(=O)CCCCCCCCCCC(C)C. The van der Waals surface area contributed by atoms with Crippen LogP contribution in [0.2, 0.25) is 0 Å². The number of rotatable bonds is 70. The van der Waals surface area contributed by atoms with Crippen molar-refractivity contribution in [3.63, 3.8) is 0 Å². The third-order valence-corrected chi connectivity index (χ3v) is 18.7. The van der Waals surface area contributed by atoms with Crippen molar-refractivity contribution in [3.8, 4) is 0 Å². The molecule has 0 aromatic rings. The minimum absolute atomic E-state index is 0.104.